The molecule has 0 aliphatic carbocycles. The molecule has 1 aliphatic heterocycles. The van der Waals surface area contributed by atoms with E-state index in [4.69, 9.17) is 9.47 Å². The molecule has 2 atom stereocenters. The summed E-state index contributed by atoms with van der Waals surface area (Å²) in [4.78, 5) is 38.4. The number of methoxy groups -OCH3 is 2. The molecule has 1 aromatic carbocycles. The molecule has 8 nitrogen and oxygen atoms in total. The van der Waals surface area contributed by atoms with Crippen molar-refractivity contribution in [1.82, 2.24) is 15.5 Å². The number of imide groups is 1. The van der Waals surface area contributed by atoms with Gasteiger partial charge in [-0.05, 0) is 31.0 Å². The van der Waals surface area contributed by atoms with Crippen molar-refractivity contribution in [3.8, 4) is 5.75 Å². The van der Waals surface area contributed by atoms with Crippen LogP contribution in [-0.4, -0.2) is 56.2 Å². The first kappa shape index (κ1) is 19.7. The van der Waals surface area contributed by atoms with Gasteiger partial charge in [-0.1, -0.05) is 19.1 Å². The lowest BCUT2D eigenvalue weighted by Crippen LogP contribution is -2.46. The maximum atomic E-state index is 13.0. The Kier molecular flexibility index (Phi) is 6.20. The fourth-order valence-electron chi connectivity index (χ4n) is 3.04. The minimum atomic E-state index is -1.18. The monoisotopic (exact) mass is 363 g/mol. The van der Waals surface area contributed by atoms with Gasteiger partial charge in [-0.15, -0.1) is 0 Å². The topological polar surface area (TPSA) is 97.0 Å². The molecule has 1 aromatic rings. The molecule has 4 amide bonds. The van der Waals surface area contributed by atoms with Crippen molar-refractivity contribution in [2.24, 2.45) is 0 Å². The van der Waals surface area contributed by atoms with Crippen LogP contribution in [0.25, 0.3) is 0 Å². The molecule has 2 rings (SSSR count). The minimum Gasteiger partial charge on any atom is -0.497 e. The maximum Gasteiger partial charge on any atom is 0.325 e. The van der Waals surface area contributed by atoms with Crippen LogP contribution in [0.2, 0.25) is 0 Å². The van der Waals surface area contributed by atoms with Gasteiger partial charge in [0.15, 0.2) is 0 Å². The lowest BCUT2D eigenvalue weighted by Gasteiger charge is -2.26. The molecule has 26 heavy (non-hydrogen) atoms. The highest BCUT2D eigenvalue weighted by atomic mass is 16.5. The Hall–Kier alpha value is -2.61. The number of nitrogens with one attached hydrogen (secondary N) is 2. The third-order valence-corrected chi connectivity index (χ3v) is 4.41. The summed E-state index contributed by atoms with van der Waals surface area (Å²) in [7, 11) is 3.09. The number of urea groups is 1. The first-order valence-corrected chi connectivity index (χ1v) is 8.44. The molecule has 1 fully saturated rings. The fraction of sp³-hybridized carbons (Fsp3) is 0.500. The number of benzene rings is 1. The third-order valence-electron chi connectivity index (χ3n) is 4.41. The second kappa shape index (κ2) is 8.18. The van der Waals surface area contributed by atoms with Gasteiger partial charge in [-0.25, -0.2) is 4.79 Å². The van der Waals surface area contributed by atoms with Crippen LogP contribution in [0, 0.1) is 0 Å². The Morgan fingerprint density at radius 2 is 1.92 bits per heavy atom. The Bertz CT molecular complexity index is 676. The average Bonchev–Trinajstić information content (AvgIpc) is 2.87. The van der Waals surface area contributed by atoms with E-state index in [0.717, 1.165) is 4.90 Å². The first-order chi connectivity index (χ1) is 12.4. The van der Waals surface area contributed by atoms with Crippen LogP contribution in [0.15, 0.2) is 24.3 Å². The van der Waals surface area contributed by atoms with Gasteiger partial charge in [0.2, 0.25) is 5.91 Å². The van der Waals surface area contributed by atoms with E-state index in [-0.39, 0.29) is 12.6 Å². The van der Waals surface area contributed by atoms with E-state index in [0.29, 0.717) is 24.3 Å². The molecule has 0 aromatic heterocycles. The van der Waals surface area contributed by atoms with Gasteiger partial charge in [0.25, 0.3) is 5.91 Å². The van der Waals surface area contributed by atoms with E-state index in [1.165, 1.54) is 7.11 Å². The van der Waals surface area contributed by atoms with E-state index < -0.39 is 23.4 Å². The van der Waals surface area contributed by atoms with Crippen molar-refractivity contribution >= 4 is 17.8 Å². The normalized spacial score (nSPS) is 20.7. The molecular formula is C18H25N3O5. The quantitative estimate of drug-likeness (QED) is 0.672. The van der Waals surface area contributed by atoms with Crippen LogP contribution in [0.1, 0.15) is 25.8 Å². The molecule has 1 saturated heterocycles. The molecule has 2 N–H and O–H groups in total. The summed E-state index contributed by atoms with van der Waals surface area (Å²) >= 11 is 0. The van der Waals surface area contributed by atoms with E-state index in [9.17, 15) is 14.4 Å². The molecular weight excluding hydrogens is 338 g/mol. The second-order valence-electron chi connectivity index (χ2n) is 6.23. The van der Waals surface area contributed by atoms with Crippen LogP contribution in [0.5, 0.6) is 5.75 Å². The number of carbonyl (C=O) groups is 3. The zero-order valence-electron chi connectivity index (χ0n) is 15.5. The summed E-state index contributed by atoms with van der Waals surface area (Å²) in [6.07, 6.45) is 0.363. The third kappa shape index (κ3) is 3.80. The smallest absolute Gasteiger partial charge is 0.325 e. The van der Waals surface area contributed by atoms with E-state index in [1.54, 1.807) is 38.3 Å². The van der Waals surface area contributed by atoms with Crippen molar-refractivity contribution in [3.05, 3.63) is 29.8 Å². The molecule has 1 aliphatic rings. The highest BCUT2D eigenvalue weighted by Gasteiger charge is 2.51. The van der Waals surface area contributed by atoms with Gasteiger partial charge < -0.3 is 20.1 Å². The lowest BCUT2D eigenvalue weighted by molar-refractivity contribution is -0.135. The van der Waals surface area contributed by atoms with Crippen molar-refractivity contribution in [1.29, 1.82) is 0 Å². The van der Waals surface area contributed by atoms with Crippen LogP contribution in [-0.2, 0) is 19.9 Å². The standard InChI is InChI=1S/C18H25N3O5/c1-5-18(13-6-8-14(26-4)9-7-13)16(23)21(17(24)20-18)10-15(22)19-12(2)11-25-3/h6-9,12H,5,10-11H2,1-4H3,(H,19,22)(H,20,24)/t12-,18+/m1/s1. The highest BCUT2D eigenvalue weighted by molar-refractivity contribution is 6.09. The Morgan fingerprint density at radius 1 is 1.27 bits per heavy atom. The summed E-state index contributed by atoms with van der Waals surface area (Å²) in [6.45, 7) is 3.60. The first-order valence-electron chi connectivity index (χ1n) is 8.44. The zero-order valence-corrected chi connectivity index (χ0v) is 15.5. The zero-order chi connectivity index (χ0) is 19.3. The summed E-state index contributed by atoms with van der Waals surface area (Å²) in [5.41, 5.74) is -0.531. The number of hydrogen-bond donors (Lipinski definition) is 2. The molecule has 0 spiro atoms. The number of rotatable bonds is 8. The Balaban J connectivity index is 2.18. The van der Waals surface area contributed by atoms with Crippen molar-refractivity contribution in [2.45, 2.75) is 31.8 Å². The fourth-order valence-corrected chi connectivity index (χ4v) is 3.04. The van der Waals surface area contributed by atoms with E-state index >= 15 is 0 Å². The number of hydrogen-bond acceptors (Lipinski definition) is 5. The lowest BCUT2D eigenvalue weighted by atomic mass is 9.87. The van der Waals surface area contributed by atoms with Gasteiger partial charge in [0.05, 0.1) is 13.7 Å². The number of nitrogens with zero attached hydrogens (tertiary/aromatic N) is 1. The highest BCUT2D eigenvalue weighted by Crippen LogP contribution is 2.33. The van der Waals surface area contributed by atoms with Crippen molar-refractivity contribution in [2.75, 3.05) is 27.4 Å². The SMILES string of the molecule is CC[C@@]1(c2ccc(OC)cc2)NC(=O)N(CC(=O)N[C@H](C)COC)C1=O. The van der Waals surface area contributed by atoms with Gasteiger partial charge in [-0.3, -0.25) is 14.5 Å². The summed E-state index contributed by atoms with van der Waals surface area (Å²) in [5, 5.41) is 5.44. The summed E-state index contributed by atoms with van der Waals surface area (Å²) in [6, 6.07) is 6.14. The van der Waals surface area contributed by atoms with Gasteiger partial charge in [0, 0.05) is 13.2 Å². The Morgan fingerprint density at radius 3 is 2.46 bits per heavy atom. The number of amides is 4. The van der Waals surface area contributed by atoms with Crippen LogP contribution in [0.4, 0.5) is 4.79 Å². The average molecular weight is 363 g/mol. The molecule has 142 valence electrons. The second-order valence-corrected chi connectivity index (χ2v) is 6.23. The van der Waals surface area contributed by atoms with Crippen LogP contribution < -0.4 is 15.4 Å². The predicted molar refractivity (Wildman–Crippen MR) is 94.7 cm³/mol. The number of carbonyl (C=O) groups excluding carboxylic acids is 3. The van der Waals surface area contributed by atoms with Gasteiger partial charge in [-0.2, -0.15) is 0 Å². The van der Waals surface area contributed by atoms with E-state index in [1.807, 2.05) is 6.92 Å². The van der Waals surface area contributed by atoms with Crippen LogP contribution in [0.3, 0.4) is 0 Å². The van der Waals surface area contributed by atoms with Crippen molar-refractivity contribution < 1.29 is 23.9 Å². The van der Waals surface area contributed by atoms with E-state index in [2.05, 4.69) is 10.6 Å². The minimum absolute atomic E-state index is 0.217. The molecule has 0 saturated carbocycles. The molecule has 0 radical (unpaired) electrons. The molecule has 0 unspecified atom stereocenters. The van der Waals surface area contributed by atoms with Gasteiger partial charge >= 0.3 is 6.03 Å². The van der Waals surface area contributed by atoms with Gasteiger partial charge in [0.1, 0.15) is 17.8 Å². The van der Waals surface area contributed by atoms with Crippen LogP contribution >= 0.6 is 0 Å². The predicted octanol–water partition coefficient (Wildman–Crippen LogP) is 1.00. The molecule has 1 heterocycles. The molecule has 0 bridgehead atoms. The summed E-state index contributed by atoms with van der Waals surface area (Å²) < 4.78 is 10.1. The van der Waals surface area contributed by atoms with Crippen molar-refractivity contribution in [3.63, 3.8) is 0 Å². The number of ether oxygens (including phenoxy) is 2. The largest absolute Gasteiger partial charge is 0.497 e. The summed E-state index contributed by atoms with van der Waals surface area (Å²) in [5.74, 6) is -0.204. The molecule has 8 heteroatoms. The maximum absolute atomic E-state index is 13.0. The Labute approximate surface area is 152 Å².